The molecule has 0 aromatic rings. The Morgan fingerprint density at radius 2 is 1.61 bits per heavy atom. The minimum Gasteiger partial charge on any atom is -0.414 e. The summed E-state index contributed by atoms with van der Waals surface area (Å²) in [5.74, 6) is 4.37. The Balaban J connectivity index is 1.75. The van der Waals surface area contributed by atoms with Gasteiger partial charge in [0.1, 0.15) is 0 Å². The summed E-state index contributed by atoms with van der Waals surface area (Å²) in [6.45, 7) is 26.6. The summed E-state index contributed by atoms with van der Waals surface area (Å²) in [5.41, 5.74) is 1.72. The fourth-order valence-electron chi connectivity index (χ4n) is 9.63. The van der Waals surface area contributed by atoms with Crippen LogP contribution >= 0.6 is 0 Å². The van der Waals surface area contributed by atoms with Crippen LogP contribution in [-0.2, 0) is 13.6 Å². The molecule has 0 bridgehead atoms. The van der Waals surface area contributed by atoms with Crippen molar-refractivity contribution in [2.75, 3.05) is 0 Å². The van der Waals surface area contributed by atoms with Crippen molar-refractivity contribution in [3.8, 4) is 0 Å². The van der Waals surface area contributed by atoms with Crippen LogP contribution in [0.5, 0.6) is 0 Å². The Morgan fingerprint density at radius 1 is 0.947 bits per heavy atom. The maximum Gasteiger partial charge on any atom is 0.184 e. The van der Waals surface area contributed by atoms with Gasteiger partial charge in [-0.2, -0.15) is 0 Å². The van der Waals surface area contributed by atoms with E-state index in [4.69, 9.17) is 8.85 Å². The van der Waals surface area contributed by atoms with Gasteiger partial charge in [0.05, 0.1) is 12.2 Å². The van der Waals surface area contributed by atoms with E-state index < -0.39 is 16.6 Å². The smallest absolute Gasteiger partial charge is 0.184 e. The molecule has 3 fully saturated rings. The zero-order chi connectivity index (χ0) is 28.3. The van der Waals surface area contributed by atoms with Crippen LogP contribution in [0.1, 0.15) is 92.4 Å². The minimum atomic E-state index is -1.75. The molecule has 5 heteroatoms. The molecule has 38 heavy (non-hydrogen) atoms. The van der Waals surface area contributed by atoms with Crippen molar-refractivity contribution in [2.24, 2.45) is 46.3 Å². The second-order valence-corrected chi connectivity index (χ2v) is 25.5. The number of ketones is 1. The van der Waals surface area contributed by atoms with E-state index in [0.717, 1.165) is 37.0 Å². The lowest BCUT2D eigenvalue weighted by molar-refractivity contribution is -0.159. The van der Waals surface area contributed by atoms with E-state index in [2.05, 4.69) is 73.9 Å². The highest BCUT2D eigenvalue weighted by Crippen LogP contribution is 2.69. The Bertz CT molecular complexity index is 899. The number of rotatable bonds is 9. The molecule has 9 atom stereocenters. The lowest BCUT2D eigenvalue weighted by Gasteiger charge is -2.63. The number of carbonyl (C=O) groups excluding carboxylic acids is 1. The highest BCUT2D eigenvalue weighted by Gasteiger charge is 2.66. The van der Waals surface area contributed by atoms with Crippen LogP contribution in [0.15, 0.2) is 11.6 Å². The number of carbonyl (C=O) groups is 1. The fourth-order valence-corrected chi connectivity index (χ4v) is 12.0. The molecule has 3 saturated carbocycles. The topological polar surface area (TPSA) is 35.5 Å². The minimum absolute atomic E-state index is 0.112. The van der Waals surface area contributed by atoms with Crippen LogP contribution in [0, 0.1) is 46.3 Å². The van der Waals surface area contributed by atoms with Crippen molar-refractivity contribution in [3.05, 3.63) is 11.6 Å². The van der Waals surface area contributed by atoms with E-state index in [1.807, 2.05) is 6.08 Å². The van der Waals surface area contributed by atoms with Gasteiger partial charge in [-0.25, -0.2) is 0 Å². The average molecular weight is 561 g/mol. The molecule has 4 aliphatic carbocycles. The highest BCUT2D eigenvalue weighted by atomic mass is 28.4. The molecule has 3 unspecified atom stereocenters. The predicted octanol–water partition coefficient (Wildman–Crippen LogP) is 9.26. The van der Waals surface area contributed by atoms with Crippen LogP contribution < -0.4 is 0 Å². The van der Waals surface area contributed by atoms with Crippen molar-refractivity contribution in [2.45, 2.75) is 144 Å². The molecule has 4 aliphatic rings. The van der Waals surface area contributed by atoms with E-state index >= 15 is 0 Å². The van der Waals surface area contributed by atoms with Crippen molar-refractivity contribution in [1.82, 2.24) is 0 Å². The van der Waals surface area contributed by atoms with E-state index in [0.29, 0.717) is 36.1 Å². The van der Waals surface area contributed by atoms with Gasteiger partial charge in [0.25, 0.3) is 0 Å². The lowest BCUT2D eigenvalue weighted by Crippen LogP contribution is -2.63. The van der Waals surface area contributed by atoms with Gasteiger partial charge in [-0.1, -0.05) is 59.5 Å². The van der Waals surface area contributed by atoms with Crippen LogP contribution in [-0.4, -0.2) is 34.6 Å². The number of hydrogen-bond acceptors (Lipinski definition) is 3. The Kier molecular flexibility index (Phi) is 8.79. The second-order valence-electron chi connectivity index (χ2n) is 16.6. The molecule has 0 heterocycles. The van der Waals surface area contributed by atoms with Crippen LogP contribution in [0.25, 0.3) is 0 Å². The summed E-state index contributed by atoms with van der Waals surface area (Å²) >= 11 is 0. The largest absolute Gasteiger partial charge is 0.414 e. The Morgan fingerprint density at radius 3 is 2.21 bits per heavy atom. The summed E-state index contributed by atoms with van der Waals surface area (Å²) < 4.78 is 14.4. The highest BCUT2D eigenvalue weighted by molar-refractivity contribution is 6.70. The predicted molar refractivity (Wildman–Crippen MR) is 165 cm³/mol. The van der Waals surface area contributed by atoms with Gasteiger partial charge in [0, 0.05) is 6.42 Å². The molecule has 3 nitrogen and oxygen atoms in total. The van der Waals surface area contributed by atoms with Gasteiger partial charge in [-0.3, -0.25) is 4.79 Å². The SMILES string of the molecule is CC(C)CCC[C@@H](C)[C@H]1CCC2C3C(C[C@H](O[Si](C)(C)C)[C@@]21C)[C@@]1(C)CCC(=O)C=C1C[C@H]3O[Si](C)(C)C. The van der Waals surface area contributed by atoms with Crippen molar-refractivity contribution >= 4 is 22.4 Å². The summed E-state index contributed by atoms with van der Waals surface area (Å²) in [6.07, 6.45) is 13.1. The van der Waals surface area contributed by atoms with Crippen molar-refractivity contribution in [1.29, 1.82) is 0 Å². The molecule has 0 aromatic heterocycles. The summed E-state index contributed by atoms with van der Waals surface area (Å²) in [4.78, 5) is 12.6. The third-order valence-electron chi connectivity index (χ3n) is 11.2. The van der Waals surface area contributed by atoms with Gasteiger partial charge in [0.2, 0.25) is 0 Å². The zero-order valence-corrected chi connectivity index (χ0v) is 28.8. The Hall–Kier alpha value is -0.236. The first-order chi connectivity index (χ1) is 17.5. The van der Waals surface area contributed by atoms with Gasteiger partial charge in [-0.15, -0.1) is 0 Å². The van der Waals surface area contributed by atoms with Gasteiger partial charge in [-0.05, 0) is 124 Å². The Labute approximate surface area is 237 Å². The molecular weight excluding hydrogens is 501 g/mol. The molecule has 4 rings (SSSR count). The van der Waals surface area contributed by atoms with E-state index in [1.165, 1.54) is 37.7 Å². The zero-order valence-electron chi connectivity index (χ0n) is 26.8. The molecule has 0 aliphatic heterocycles. The van der Waals surface area contributed by atoms with E-state index in [9.17, 15) is 4.79 Å². The monoisotopic (exact) mass is 560 g/mol. The summed E-state index contributed by atoms with van der Waals surface area (Å²) in [5, 5.41) is 0. The van der Waals surface area contributed by atoms with Crippen LogP contribution in [0.4, 0.5) is 0 Å². The molecule has 0 aromatic carbocycles. The standard InChI is InChI=1S/C33H60O3Si2/c1-22(2)13-12-14-23(3)26-15-16-27-31-28(21-30(33(26,27)5)36-38(9,10)11)32(4)18-17-25(34)19-24(32)20-29(31)35-37(6,7)8/h19,22-23,26-31H,12-18,20-21H2,1-11H3/t23-,26-,27?,28?,29-,30+,31?,32+,33-/m1/s1. The summed E-state index contributed by atoms with van der Waals surface area (Å²) in [7, 11) is -3.49. The van der Waals surface area contributed by atoms with E-state index in [-0.39, 0.29) is 16.9 Å². The lowest BCUT2D eigenvalue weighted by atomic mass is 9.45. The van der Waals surface area contributed by atoms with Gasteiger partial charge in [0.15, 0.2) is 22.4 Å². The number of fused-ring (bicyclic) bond motifs is 5. The van der Waals surface area contributed by atoms with Crippen LogP contribution in [0.2, 0.25) is 39.3 Å². The van der Waals surface area contributed by atoms with Crippen molar-refractivity contribution < 1.29 is 13.6 Å². The first kappa shape index (κ1) is 30.7. The van der Waals surface area contributed by atoms with Gasteiger partial charge >= 0.3 is 0 Å². The first-order valence-corrected chi connectivity index (χ1v) is 22.9. The van der Waals surface area contributed by atoms with Crippen LogP contribution in [0.3, 0.4) is 0 Å². The molecular formula is C33H60O3Si2. The molecule has 218 valence electrons. The molecule has 0 saturated heterocycles. The molecule has 0 spiro atoms. The number of hydrogen-bond donors (Lipinski definition) is 0. The third-order valence-corrected chi connectivity index (χ3v) is 13.2. The normalized spacial score (nSPS) is 40.4. The maximum atomic E-state index is 12.6. The second kappa shape index (κ2) is 10.9. The summed E-state index contributed by atoms with van der Waals surface area (Å²) in [6, 6.07) is 0. The molecule has 0 N–H and O–H groups in total. The van der Waals surface area contributed by atoms with Gasteiger partial charge < -0.3 is 8.85 Å². The average Bonchev–Trinajstić information content (AvgIpc) is 3.11. The quantitative estimate of drug-likeness (QED) is 0.264. The van der Waals surface area contributed by atoms with Crippen molar-refractivity contribution in [3.63, 3.8) is 0 Å². The molecule has 0 amide bonds. The molecule has 0 radical (unpaired) electrons. The fraction of sp³-hybridized carbons (Fsp3) is 0.909. The van der Waals surface area contributed by atoms with E-state index in [1.54, 1.807) is 0 Å². The first-order valence-electron chi connectivity index (χ1n) is 16.0. The third kappa shape index (κ3) is 6.02. The maximum absolute atomic E-state index is 12.6.